The number of nitriles is 1. The smallest absolute Gasteiger partial charge is 0.134 e. The summed E-state index contributed by atoms with van der Waals surface area (Å²) in [4.78, 5) is 4.53. The summed E-state index contributed by atoms with van der Waals surface area (Å²) in [5.74, 6) is 1.46. The van der Waals surface area contributed by atoms with Gasteiger partial charge in [0.25, 0.3) is 0 Å². The van der Waals surface area contributed by atoms with Crippen molar-refractivity contribution in [1.29, 1.82) is 5.26 Å². The molecule has 0 saturated carbocycles. The van der Waals surface area contributed by atoms with Gasteiger partial charge in [0.2, 0.25) is 0 Å². The summed E-state index contributed by atoms with van der Waals surface area (Å²) < 4.78 is 5.48. The summed E-state index contributed by atoms with van der Waals surface area (Å²) in [7, 11) is 0. The molecule has 5 heteroatoms. The number of halogens is 1. The molecule has 0 saturated heterocycles. The van der Waals surface area contributed by atoms with Crippen molar-refractivity contribution >= 4 is 34.6 Å². The number of hydrogen-bond acceptors (Lipinski definition) is 4. The van der Waals surface area contributed by atoms with Crippen LogP contribution in [-0.2, 0) is 0 Å². The predicted octanol–water partition coefficient (Wildman–Crippen LogP) is 5.43. The molecule has 2 heterocycles. The molecular formula is C17H11ClN2OS. The van der Waals surface area contributed by atoms with Gasteiger partial charge in [0.15, 0.2) is 0 Å². The second-order valence-electron chi connectivity index (χ2n) is 4.66. The van der Waals surface area contributed by atoms with E-state index in [0.717, 1.165) is 17.0 Å². The number of rotatable bonds is 3. The molecule has 0 aliphatic heterocycles. The van der Waals surface area contributed by atoms with Crippen LogP contribution < -0.4 is 0 Å². The van der Waals surface area contributed by atoms with Crippen LogP contribution >= 0.6 is 22.9 Å². The highest BCUT2D eigenvalue weighted by molar-refractivity contribution is 7.11. The third-order valence-electron chi connectivity index (χ3n) is 3.04. The van der Waals surface area contributed by atoms with Crippen LogP contribution in [0.4, 0.5) is 0 Å². The van der Waals surface area contributed by atoms with Gasteiger partial charge in [0, 0.05) is 22.0 Å². The number of thiazole rings is 1. The molecule has 0 fully saturated rings. The first-order valence-corrected chi connectivity index (χ1v) is 7.81. The minimum absolute atomic E-state index is 0.486. The Hall–Kier alpha value is -2.35. The zero-order chi connectivity index (χ0) is 15.5. The normalized spacial score (nSPS) is 11.4. The van der Waals surface area contributed by atoms with Gasteiger partial charge in [-0.3, -0.25) is 0 Å². The van der Waals surface area contributed by atoms with Crippen molar-refractivity contribution < 1.29 is 4.42 Å². The Morgan fingerprint density at radius 2 is 2.05 bits per heavy atom. The zero-order valence-corrected chi connectivity index (χ0v) is 13.3. The Labute approximate surface area is 137 Å². The fourth-order valence-corrected chi connectivity index (χ4v) is 2.89. The van der Waals surface area contributed by atoms with Gasteiger partial charge < -0.3 is 4.42 Å². The largest absolute Gasteiger partial charge is 0.462 e. The van der Waals surface area contributed by atoms with Crippen LogP contribution in [0.3, 0.4) is 0 Å². The minimum Gasteiger partial charge on any atom is -0.462 e. The molecule has 3 rings (SSSR count). The maximum absolute atomic E-state index is 9.35. The zero-order valence-electron chi connectivity index (χ0n) is 11.7. The Kier molecular flexibility index (Phi) is 4.10. The molecule has 0 radical (unpaired) electrons. The van der Waals surface area contributed by atoms with E-state index in [1.54, 1.807) is 6.08 Å². The van der Waals surface area contributed by atoms with Gasteiger partial charge in [-0.25, -0.2) is 4.98 Å². The first kappa shape index (κ1) is 14.6. The highest BCUT2D eigenvalue weighted by Gasteiger charge is 2.10. The molecule has 0 unspecified atom stereocenters. The average molecular weight is 327 g/mol. The predicted molar refractivity (Wildman–Crippen MR) is 89.5 cm³/mol. The van der Waals surface area contributed by atoms with E-state index in [4.69, 9.17) is 16.0 Å². The molecule has 0 atom stereocenters. The highest BCUT2D eigenvalue weighted by atomic mass is 35.5. The molecule has 22 heavy (non-hydrogen) atoms. The lowest BCUT2D eigenvalue weighted by molar-refractivity contribution is 0.525. The molecule has 108 valence electrons. The van der Waals surface area contributed by atoms with Crippen LogP contribution in [0.15, 0.2) is 46.2 Å². The van der Waals surface area contributed by atoms with Crippen LogP contribution in [0.1, 0.15) is 16.5 Å². The molecule has 0 spiro atoms. The molecule has 0 bridgehead atoms. The van der Waals surface area contributed by atoms with Crippen LogP contribution in [0, 0.1) is 18.3 Å². The summed E-state index contributed by atoms with van der Waals surface area (Å²) in [6, 6.07) is 13.3. The van der Waals surface area contributed by atoms with Gasteiger partial charge in [0.05, 0.1) is 11.3 Å². The summed E-state index contributed by atoms with van der Waals surface area (Å²) in [5.41, 5.74) is 2.28. The van der Waals surface area contributed by atoms with Crippen molar-refractivity contribution in [2.24, 2.45) is 0 Å². The van der Waals surface area contributed by atoms with Gasteiger partial charge in [-0.15, -0.1) is 11.3 Å². The van der Waals surface area contributed by atoms with E-state index in [1.807, 2.05) is 48.7 Å². The first-order valence-electron chi connectivity index (χ1n) is 6.56. The van der Waals surface area contributed by atoms with Crippen molar-refractivity contribution in [2.75, 3.05) is 0 Å². The van der Waals surface area contributed by atoms with Gasteiger partial charge in [0.1, 0.15) is 22.6 Å². The number of aryl methyl sites for hydroxylation is 1. The summed E-state index contributed by atoms with van der Waals surface area (Å²) in [5, 5.41) is 12.6. The Bertz CT molecular complexity index is 869. The first-order chi connectivity index (χ1) is 10.7. The van der Waals surface area contributed by atoms with E-state index in [1.165, 1.54) is 11.3 Å². The number of nitrogens with zero attached hydrogens (tertiary/aromatic N) is 2. The van der Waals surface area contributed by atoms with Crippen molar-refractivity contribution in [1.82, 2.24) is 4.98 Å². The fraction of sp³-hybridized carbons (Fsp3) is 0.0588. The van der Waals surface area contributed by atoms with Gasteiger partial charge in [-0.05, 0) is 31.2 Å². The van der Waals surface area contributed by atoms with Crippen LogP contribution in [0.2, 0.25) is 5.02 Å². The van der Waals surface area contributed by atoms with E-state index < -0.39 is 0 Å². The summed E-state index contributed by atoms with van der Waals surface area (Å²) >= 11 is 7.32. The lowest BCUT2D eigenvalue weighted by atomic mass is 10.2. The van der Waals surface area contributed by atoms with Gasteiger partial charge in [-0.1, -0.05) is 23.7 Å². The van der Waals surface area contributed by atoms with Crippen molar-refractivity contribution in [3.63, 3.8) is 0 Å². The molecule has 2 aromatic heterocycles. The fourth-order valence-electron chi connectivity index (χ4n) is 1.97. The topological polar surface area (TPSA) is 49.8 Å². The molecule has 1 aromatic carbocycles. The number of benzene rings is 1. The van der Waals surface area contributed by atoms with E-state index in [9.17, 15) is 5.26 Å². The Balaban J connectivity index is 1.93. The van der Waals surface area contributed by atoms with E-state index in [0.29, 0.717) is 21.4 Å². The average Bonchev–Trinajstić information content (AvgIpc) is 3.15. The standard InChI is InChI=1S/C17H11ClN2OS/c1-11-2-7-15(21-11)8-13(9-19)17-20-16(10-22-17)12-3-5-14(18)6-4-12/h2-8,10H,1H3/b13-8-. The quantitative estimate of drug-likeness (QED) is 0.603. The lowest BCUT2D eigenvalue weighted by Gasteiger charge is -1.96. The SMILES string of the molecule is Cc1ccc(/C=C(/C#N)c2nc(-c3ccc(Cl)cc3)cs2)o1. The number of aromatic nitrogens is 1. The highest BCUT2D eigenvalue weighted by Crippen LogP contribution is 2.28. The van der Waals surface area contributed by atoms with E-state index in [-0.39, 0.29) is 0 Å². The van der Waals surface area contributed by atoms with E-state index in [2.05, 4.69) is 11.1 Å². The van der Waals surface area contributed by atoms with Crippen LogP contribution in [0.5, 0.6) is 0 Å². The van der Waals surface area contributed by atoms with Crippen LogP contribution in [-0.4, -0.2) is 4.98 Å². The molecule has 3 aromatic rings. The molecule has 0 aliphatic carbocycles. The van der Waals surface area contributed by atoms with E-state index >= 15 is 0 Å². The van der Waals surface area contributed by atoms with Crippen LogP contribution in [0.25, 0.3) is 22.9 Å². The number of furan rings is 1. The van der Waals surface area contributed by atoms with Crippen molar-refractivity contribution in [2.45, 2.75) is 6.92 Å². The Morgan fingerprint density at radius 3 is 2.68 bits per heavy atom. The molecule has 0 N–H and O–H groups in total. The monoisotopic (exact) mass is 326 g/mol. The second-order valence-corrected chi connectivity index (χ2v) is 5.96. The third kappa shape index (κ3) is 3.11. The lowest BCUT2D eigenvalue weighted by Crippen LogP contribution is -1.82. The van der Waals surface area contributed by atoms with Gasteiger partial charge in [-0.2, -0.15) is 5.26 Å². The second kappa shape index (κ2) is 6.18. The minimum atomic E-state index is 0.486. The van der Waals surface area contributed by atoms with Crippen molar-refractivity contribution in [3.8, 4) is 17.3 Å². The molecule has 0 amide bonds. The van der Waals surface area contributed by atoms with Gasteiger partial charge >= 0.3 is 0 Å². The molecule has 3 nitrogen and oxygen atoms in total. The maximum Gasteiger partial charge on any atom is 0.134 e. The molecular weight excluding hydrogens is 316 g/mol. The number of allylic oxidation sites excluding steroid dienone is 1. The Morgan fingerprint density at radius 1 is 1.27 bits per heavy atom. The summed E-state index contributed by atoms with van der Waals surface area (Å²) in [6.45, 7) is 1.87. The molecule has 0 aliphatic rings. The maximum atomic E-state index is 9.35. The van der Waals surface area contributed by atoms with Crippen molar-refractivity contribution in [3.05, 3.63) is 63.3 Å². The third-order valence-corrected chi connectivity index (χ3v) is 4.17. The summed E-state index contributed by atoms with van der Waals surface area (Å²) in [6.07, 6.45) is 1.71. The number of hydrogen-bond donors (Lipinski definition) is 0.